The molecule has 1 aliphatic carbocycles. The summed E-state index contributed by atoms with van der Waals surface area (Å²) < 4.78 is 57.0. The Hall–Kier alpha value is -2.23. The quantitative estimate of drug-likeness (QED) is 0.829. The summed E-state index contributed by atoms with van der Waals surface area (Å²) in [4.78, 5) is 24.5. The number of nitrogens with one attached hydrogen (secondary N) is 1. The zero-order chi connectivity index (χ0) is 18.8. The highest BCUT2D eigenvalue weighted by atomic mass is 32.2. The van der Waals surface area contributed by atoms with Gasteiger partial charge in [0.1, 0.15) is 11.6 Å². The second-order valence-electron chi connectivity index (χ2n) is 6.85. The maximum atomic E-state index is 14.6. The van der Waals surface area contributed by atoms with Crippen LogP contribution in [0.25, 0.3) is 0 Å². The summed E-state index contributed by atoms with van der Waals surface area (Å²) in [5, 5.41) is 2.34. The maximum absolute atomic E-state index is 14.6. The number of carbonyl (C=O) groups excluding carboxylic acids is 2. The van der Waals surface area contributed by atoms with Crippen LogP contribution in [0, 0.1) is 23.5 Å². The number of sulfone groups is 1. The molecule has 1 saturated carbocycles. The van der Waals surface area contributed by atoms with Crippen LogP contribution >= 0.6 is 0 Å². The van der Waals surface area contributed by atoms with Gasteiger partial charge in [-0.3, -0.25) is 9.69 Å². The van der Waals surface area contributed by atoms with Crippen molar-refractivity contribution in [3.05, 3.63) is 29.3 Å². The van der Waals surface area contributed by atoms with Gasteiger partial charge in [-0.05, 0) is 29.9 Å². The molecule has 1 aromatic rings. The SMILES string of the molecule is CNC(=O)[C@H]1CN(c2cc(F)c(C3[C@H]4CS(=O)(=O)C[C@@H]34)c(F)c2)C(=O)O1. The first-order valence-corrected chi connectivity index (χ1v) is 9.93. The van der Waals surface area contributed by atoms with Crippen LogP contribution in [0.2, 0.25) is 0 Å². The van der Waals surface area contributed by atoms with Gasteiger partial charge in [-0.2, -0.15) is 0 Å². The number of hydrogen-bond donors (Lipinski definition) is 1. The molecule has 1 aromatic carbocycles. The number of hydrogen-bond acceptors (Lipinski definition) is 5. The summed E-state index contributed by atoms with van der Waals surface area (Å²) in [5.74, 6) is -3.19. The van der Waals surface area contributed by atoms with E-state index in [2.05, 4.69) is 5.32 Å². The lowest BCUT2D eigenvalue weighted by molar-refractivity contribution is -0.127. The first-order valence-electron chi connectivity index (χ1n) is 8.11. The number of benzene rings is 1. The molecule has 140 valence electrons. The normalized spacial score (nSPS) is 31.5. The molecule has 1 unspecified atom stereocenters. The topological polar surface area (TPSA) is 92.8 Å². The van der Waals surface area contributed by atoms with Crippen LogP contribution in [0.1, 0.15) is 11.5 Å². The van der Waals surface area contributed by atoms with E-state index in [4.69, 9.17) is 4.74 Å². The average Bonchev–Trinajstić information content (AvgIpc) is 2.92. The molecule has 2 heterocycles. The predicted molar refractivity (Wildman–Crippen MR) is 86.4 cm³/mol. The van der Waals surface area contributed by atoms with E-state index in [9.17, 15) is 26.8 Å². The molecule has 4 atom stereocenters. The number of carbonyl (C=O) groups is 2. The van der Waals surface area contributed by atoms with Crippen LogP contribution < -0.4 is 10.2 Å². The van der Waals surface area contributed by atoms with E-state index < -0.39 is 45.5 Å². The number of fused-ring (bicyclic) bond motifs is 1. The smallest absolute Gasteiger partial charge is 0.415 e. The largest absolute Gasteiger partial charge is 0.434 e. The van der Waals surface area contributed by atoms with Crippen molar-refractivity contribution in [1.82, 2.24) is 5.32 Å². The molecule has 3 fully saturated rings. The molecule has 1 N–H and O–H groups in total. The van der Waals surface area contributed by atoms with Crippen molar-refractivity contribution in [2.75, 3.05) is 30.0 Å². The van der Waals surface area contributed by atoms with E-state index >= 15 is 0 Å². The van der Waals surface area contributed by atoms with Gasteiger partial charge in [0.05, 0.1) is 23.7 Å². The highest BCUT2D eigenvalue weighted by Gasteiger charge is 2.60. The lowest BCUT2D eigenvalue weighted by Gasteiger charge is -2.15. The molecular weight excluding hydrogens is 370 g/mol. The van der Waals surface area contributed by atoms with Gasteiger partial charge in [0.15, 0.2) is 15.9 Å². The third kappa shape index (κ3) is 2.63. The predicted octanol–water partition coefficient (Wildman–Crippen LogP) is 0.794. The van der Waals surface area contributed by atoms with Crippen LogP contribution in [0.15, 0.2) is 12.1 Å². The third-order valence-corrected chi connectivity index (χ3v) is 7.07. The Kier molecular flexibility index (Phi) is 3.73. The van der Waals surface area contributed by atoms with Crippen molar-refractivity contribution in [3.8, 4) is 0 Å². The summed E-state index contributed by atoms with van der Waals surface area (Å²) in [6.07, 6.45) is -1.91. The van der Waals surface area contributed by atoms with Crippen molar-refractivity contribution in [2.45, 2.75) is 12.0 Å². The summed E-state index contributed by atoms with van der Waals surface area (Å²) in [6.45, 7) is -0.149. The fraction of sp³-hybridized carbons (Fsp3) is 0.500. The number of likely N-dealkylation sites (N-methyl/N-ethyl adjacent to an activating group) is 1. The minimum Gasteiger partial charge on any atom is -0.434 e. The van der Waals surface area contributed by atoms with Crippen molar-refractivity contribution >= 4 is 27.5 Å². The van der Waals surface area contributed by atoms with Gasteiger partial charge >= 0.3 is 6.09 Å². The highest BCUT2D eigenvalue weighted by molar-refractivity contribution is 7.91. The summed E-state index contributed by atoms with van der Waals surface area (Å²) in [7, 11) is -1.72. The molecule has 0 aromatic heterocycles. The first-order chi connectivity index (χ1) is 12.2. The number of ether oxygens (including phenoxy) is 1. The number of nitrogens with zero attached hydrogens (tertiary/aromatic N) is 1. The number of cyclic esters (lactones) is 1. The van der Waals surface area contributed by atoms with Crippen molar-refractivity contribution in [1.29, 1.82) is 0 Å². The zero-order valence-corrected chi connectivity index (χ0v) is 14.6. The molecule has 0 spiro atoms. The van der Waals surface area contributed by atoms with Gasteiger partial charge in [-0.1, -0.05) is 0 Å². The lowest BCUT2D eigenvalue weighted by Crippen LogP contribution is -2.35. The molecule has 10 heteroatoms. The molecular formula is C16H16F2N2O5S. The average molecular weight is 386 g/mol. The van der Waals surface area contributed by atoms with E-state index in [1.165, 1.54) is 7.05 Å². The Balaban J connectivity index is 1.58. The molecule has 0 bridgehead atoms. The molecule has 3 aliphatic rings. The minimum absolute atomic E-state index is 0.0430. The van der Waals surface area contributed by atoms with E-state index in [1.54, 1.807) is 0 Å². The molecule has 2 aliphatic heterocycles. The summed E-state index contributed by atoms with van der Waals surface area (Å²) in [6, 6.07) is 2.04. The number of anilines is 1. The van der Waals surface area contributed by atoms with E-state index in [0.717, 1.165) is 17.0 Å². The molecule has 4 rings (SSSR count). The van der Waals surface area contributed by atoms with Crippen molar-refractivity contribution in [2.24, 2.45) is 11.8 Å². The van der Waals surface area contributed by atoms with Crippen LogP contribution in [0.4, 0.5) is 19.3 Å². The summed E-state index contributed by atoms with van der Waals surface area (Å²) in [5.41, 5.74) is -0.173. The highest BCUT2D eigenvalue weighted by Crippen LogP contribution is 2.60. The van der Waals surface area contributed by atoms with E-state index in [0.29, 0.717) is 0 Å². The Morgan fingerprint density at radius 2 is 1.81 bits per heavy atom. The van der Waals surface area contributed by atoms with Crippen LogP contribution in [-0.4, -0.2) is 51.6 Å². The zero-order valence-electron chi connectivity index (χ0n) is 13.7. The fourth-order valence-corrected chi connectivity index (χ4v) is 6.22. The van der Waals surface area contributed by atoms with E-state index in [1.807, 2.05) is 0 Å². The lowest BCUT2D eigenvalue weighted by atomic mass is 10.1. The Morgan fingerprint density at radius 1 is 1.23 bits per heavy atom. The first kappa shape index (κ1) is 17.2. The second kappa shape index (κ2) is 5.63. The Bertz CT molecular complexity index is 878. The minimum atomic E-state index is -3.11. The van der Waals surface area contributed by atoms with Gasteiger partial charge in [-0.25, -0.2) is 22.0 Å². The summed E-state index contributed by atoms with van der Waals surface area (Å²) >= 11 is 0. The van der Waals surface area contributed by atoms with Crippen LogP contribution in [0.5, 0.6) is 0 Å². The fourth-order valence-electron chi connectivity index (χ4n) is 4.00. The Morgan fingerprint density at radius 3 is 2.35 bits per heavy atom. The van der Waals surface area contributed by atoms with Gasteiger partial charge in [0.25, 0.3) is 5.91 Å². The standard InChI is InChI=1S/C16H16F2N2O5S/c1-19-15(21)12-4-20(16(22)25-12)7-2-10(17)14(11(18)3-7)13-8-5-26(23,24)6-9(8)13/h2-3,8-9,12-13H,4-6H2,1H3,(H,19,21)/t8-,9+,12-,13?/m1/s1. The van der Waals surface area contributed by atoms with E-state index in [-0.39, 0.29) is 41.1 Å². The second-order valence-corrected chi connectivity index (χ2v) is 9.00. The third-order valence-electron chi connectivity index (χ3n) is 5.28. The maximum Gasteiger partial charge on any atom is 0.415 e. The van der Waals surface area contributed by atoms with Crippen molar-refractivity contribution in [3.63, 3.8) is 0 Å². The molecule has 0 radical (unpaired) electrons. The van der Waals surface area contributed by atoms with Gasteiger partial charge in [0, 0.05) is 12.6 Å². The van der Waals surface area contributed by atoms with Crippen LogP contribution in [0.3, 0.4) is 0 Å². The number of halogens is 2. The van der Waals surface area contributed by atoms with Crippen LogP contribution in [-0.2, 0) is 19.4 Å². The van der Waals surface area contributed by atoms with Gasteiger partial charge < -0.3 is 10.1 Å². The van der Waals surface area contributed by atoms with Crippen molar-refractivity contribution < 1.29 is 31.5 Å². The van der Waals surface area contributed by atoms with Gasteiger partial charge in [0.2, 0.25) is 0 Å². The monoisotopic (exact) mass is 386 g/mol. The molecule has 2 saturated heterocycles. The Labute approximate surface area is 148 Å². The molecule has 2 amide bonds. The number of amides is 2. The molecule has 26 heavy (non-hydrogen) atoms. The van der Waals surface area contributed by atoms with Gasteiger partial charge in [-0.15, -0.1) is 0 Å². The molecule has 7 nitrogen and oxygen atoms in total. The number of rotatable bonds is 3.